The minimum atomic E-state index is -0.0648. The predicted molar refractivity (Wildman–Crippen MR) is 67.3 cm³/mol. The normalized spacial score (nSPS) is 24.9. The van der Waals surface area contributed by atoms with Gasteiger partial charge in [-0.05, 0) is 55.6 Å². The van der Waals surface area contributed by atoms with Crippen LogP contribution in [0.4, 0.5) is 0 Å². The molecule has 92 valence electrons. The average Bonchev–Trinajstić information content (AvgIpc) is 3.20. The molecule has 2 atom stereocenters. The molecule has 2 aliphatic rings. The smallest absolute Gasteiger partial charge is 0.122 e. The molecule has 17 heavy (non-hydrogen) atoms. The van der Waals surface area contributed by atoms with Crippen molar-refractivity contribution in [3.63, 3.8) is 0 Å². The highest BCUT2D eigenvalue weighted by molar-refractivity contribution is 5.37. The van der Waals surface area contributed by atoms with Gasteiger partial charge in [0.2, 0.25) is 0 Å². The summed E-state index contributed by atoms with van der Waals surface area (Å²) in [5, 5.41) is 9.94. The van der Waals surface area contributed by atoms with Gasteiger partial charge >= 0.3 is 0 Å². The Bertz CT molecular complexity index is 384. The third kappa shape index (κ3) is 2.47. The lowest BCUT2D eigenvalue weighted by Crippen LogP contribution is -2.17. The van der Waals surface area contributed by atoms with Crippen LogP contribution >= 0.6 is 0 Å². The van der Waals surface area contributed by atoms with Gasteiger partial charge in [0.25, 0.3) is 0 Å². The minimum Gasteiger partial charge on any atom is -0.493 e. The van der Waals surface area contributed by atoms with Crippen LogP contribution in [0.15, 0.2) is 24.3 Å². The first-order chi connectivity index (χ1) is 8.34. The van der Waals surface area contributed by atoms with Gasteiger partial charge in [-0.2, -0.15) is 0 Å². The van der Waals surface area contributed by atoms with Crippen LogP contribution in [0.1, 0.15) is 43.6 Å². The lowest BCUT2D eigenvalue weighted by Gasteiger charge is -2.26. The minimum absolute atomic E-state index is 0.0648. The predicted octanol–water partition coefficient (Wildman–Crippen LogP) is 3.10. The molecule has 0 aromatic heterocycles. The summed E-state index contributed by atoms with van der Waals surface area (Å²) in [6.07, 6.45) is 5.53. The van der Waals surface area contributed by atoms with Gasteiger partial charge in [0.05, 0.1) is 12.7 Å². The largest absolute Gasteiger partial charge is 0.493 e. The molecule has 0 amide bonds. The summed E-state index contributed by atoms with van der Waals surface area (Å²) in [4.78, 5) is 0. The van der Waals surface area contributed by atoms with Crippen molar-refractivity contribution in [1.29, 1.82) is 0 Å². The second-order valence-electron chi connectivity index (χ2n) is 5.35. The maximum absolute atomic E-state index is 9.94. The summed E-state index contributed by atoms with van der Waals surface area (Å²) in [6.45, 7) is 0.821. The van der Waals surface area contributed by atoms with E-state index >= 15 is 0 Å². The summed E-state index contributed by atoms with van der Waals surface area (Å²) in [6, 6.07) is 8.33. The van der Waals surface area contributed by atoms with Gasteiger partial charge in [0.1, 0.15) is 5.75 Å². The van der Waals surface area contributed by atoms with E-state index in [-0.39, 0.29) is 6.10 Å². The van der Waals surface area contributed by atoms with Crippen molar-refractivity contribution in [2.75, 3.05) is 6.61 Å². The molecule has 2 unspecified atom stereocenters. The van der Waals surface area contributed by atoms with Gasteiger partial charge in [-0.1, -0.05) is 18.2 Å². The molecule has 0 radical (unpaired) electrons. The van der Waals surface area contributed by atoms with Gasteiger partial charge in [-0.15, -0.1) is 0 Å². The highest BCUT2D eigenvalue weighted by Gasteiger charge is 2.30. The number of aliphatic hydroxyl groups excluding tert-OH is 1. The molecule has 1 N–H and O–H groups in total. The molecule has 1 aliphatic carbocycles. The van der Waals surface area contributed by atoms with E-state index in [0.717, 1.165) is 31.6 Å². The van der Waals surface area contributed by atoms with E-state index in [1.165, 1.54) is 18.4 Å². The van der Waals surface area contributed by atoms with Gasteiger partial charge in [-0.3, -0.25) is 0 Å². The van der Waals surface area contributed by atoms with Crippen molar-refractivity contribution in [2.45, 2.75) is 44.1 Å². The Morgan fingerprint density at radius 2 is 2.06 bits per heavy atom. The van der Waals surface area contributed by atoms with Crippen LogP contribution in [0, 0.1) is 5.92 Å². The zero-order valence-electron chi connectivity index (χ0n) is 10.1. The number of fused-ring (bicyclic) bond motifs is 1. The fraction of sp³-hybridized carbons (Fsp3) is 0.600. The highest BCUT2D eigenvalue weighted by Crippen LogP contribution is 2.39. The lowest BCUT2D eigenvalue weighted by atomic mass is 9.88. The number of hydrogen-bond donors (Lipinski definition) is 1. The zero-order chi connectivity index (χ0) is 11.7. The van der Waals surface area contributed by atoms with Crippen LogP contribution < -0.4 is 4.74 Å². The molecule has 1 aliphatic heterocycles. The van der Waals surface area contributed by atoms with Crippen molar-refractivity contribution in [3.8, 4) is 5.75 Å². The summed E-state index contributed by atoms with van der Waals surface area (Å²) in [5.41, 5.74) is 1.33. The monoisotopic (exact) mass is 232 g/mol. The van der Waals surface area contributed by atoms with E-state index in [4.69, 9.17) is 4.74 Å². The lowest BCUT2D eigenvalue weighted by molar-refractivity contribution is 0.133. The van der Waals surface area contributed by atoms with E-state index in [1.807, 2.05) is 6.07 Å². The van der Waals surface area contributed by atoms with E-state index in [0.29, 0.717) is 11.8 Å². The highest BCUT2D eigenvalue weighted by atomic mass is 16.5. The molecule has 0 spiro atoms. The maximum atomic E-state index is 9.94. The summed E-state index contributed by atoms with van der Waals surface area (Å²) >= 11 is 0. The standard InChI is InChI=1S/C15H20O2/c16-14(12-5-6-12)8-7-11-9-10-17-15-4-2-1-3-13(11)15/h1-4,11-12,14,16H,5-10H2. The van der Waals surface area contributed by atoms with Crippen molar-refractivity contribution >= 4 is 0 Å². The first-order valence-electron chi connectivity index (χ1n) is 6.74. The average molecular weight is 232 g/mol. The molecular weight excluding hydrogens is 212 g/mol. The third-order valence-corrected chi connectivity index (χ3v) is 4.06. The summed E-state index contributed by atoms with van der Waals surface area (Å²) in [7, 11) is 0. The van der Waals surface area contributed by atoms with Crippen LogP contribution in [-0.4, -0.2) is 17.8 Å². The number of benzene rings is 1. The van der Waals surface area contributed by atoms with Crippen LogP contribution in [0.2, 0.25) is 0 Å². The first kappa shape index (κ1) is 11.1. The third-order valence-electron chi connectivity index (χ3n) is 4.06. The van der Waals surface area contributed by atoms with Gasteiger partial charge in [0.15, 0.2) is 0 Å². The fourth-order valence-electron chi connectivity index (χ4n) is 2.80. The van der Waals surface area contributed by atoms with Crippen LogP contribution in [0.25, 0.3) is 0 Å². The van der Waals surface area contributed by atoms with E-state index < -0.39 is 0 Å². The van der Waals surface area contributed by atoms with E-state index in [2.05, 4.69) is 18.2 Å². The summed E-state index contributed by atoms with van der Waals surface area (Å²) in [5.74, 6) is 2.23. The Morgan fingerprint density at radius 3 is 2.88 bits per heavy atom. The van der Waals surface area contributed by atoms with Crippen molar-refractivity contribution in [3.05, 3.63) is 29.8 Å². The fourth-order valence-corrected chi connectivity index (χ4v) is 2.80. The van der Waals surface area contributed by atoms with Crippen LogP contribution in [0.5, 0.6) is 5.75 Å². The van der Waals surface area contributed by atoms with Crippen LogP contribution in [0.3, 0.4) is 0 Å². The molecule has 2 nitrogen and oxygen atoms in total. The van der Waals surface area contributed by atoms with Crippen molar-refractivity contribution in [1.82, 2.24) is 0 Å². The van der Waals surface area contributed by atoms with Crippen molar-refractivity contribution < 1.29 is 9.84 Å². The Morgan fingerprint density at radius 1 is 1.24 bits per heavy atom. The Hall–Kier alpha value is -1.02. The maximum Gasteiger partial charge on any atom is 0.122 e. The van der Waals surface area contributed by atoms with Crippen molar-refractivity contribution in [2.24, 2.45) is 5.92 Å². The Labute approximate surface area is 103 Å². The number of rotatable bonds is 4. The van der Waals surface area contributed by atoms with Gasteiger partial charge in [0, 0.05) is 0 Å². The second-order valence-corrected chi connectivity index (χ2v) is 5.35. The van der Waals surface area contributed by atoms with E-state index in [9.17, 15) is 5.11 Å². The number of aliphatic hydroxyl groups is 1. The Kier molecular flexibility index (Phi) is 3.06. The first-order valence-corrected chi connectivity index (χ1v) is 6.74. The molecule has 1 aromatic rings. The molecule has 1 fully saturated rings. The zero-order valence-corrected chi connectivity index (χ0v) is 10.1. The SMILES string of the molecule is OC(CCC1CCOc2ccccc21)C1CC1. The number of ether oxygens (including phenoxy) is 1. The molecule has 1 saturated carbocycles. The molecule has 0 saturated heterocycles. The Balaban J connectivity index is 1.63. The number of hydrogen-bond acceptors (Lipinski definition) is 2. The summed E-state index contributed by atoms with van der Waals surface area (Å²) < 4.78 is 5.66. The molecule has 1 aromatic carbocycles. The molecule has 0 bridgehead atoms. The van der Waals surface area contributed by atoms with E-state index in [1.54, 1.807) is 0 Å². The molecular formula is C15H20O2. The number of para-hydroxylation sites is 1. The van der Waals surface area contributed by atoms with Gasteiger partial charge in [-0.25, -0.2) is 0 Å². The molecule has 1 heterocycles. The van der Waals surface area contributed by atoms with Gasteiger partial charge < -0.3 is 9.84 Å². The second kappa shape index (κ2) is 4.69. The quantitative estimate of drug-likeness (QED) is 0.864. The molecule has 3 rings (SSSR count). The van der Waals surface area contributed by atoms with Crippen LogP contribution in [-0.2, 0) is 0 Å². The molecule has 2 heteroatoms. The topological polar surface area (TPSA) is 29.5 Å².